The fourth-order valence-corrected chi connectivity index (χ4v) is 5.08. The van der Waals surface area contributed by atoms with Crippen molar-refractivity contribution in [2.45, 2.75) is 42.9 Å². The highest BCUT2D eigenvalue weighted by molar-refractivity contribution is 6.31. The van der Waals surface area contributed by atoms with Crippen molar-refractivity contribution in [2.75, 3.05) is 20.3 Å². The van der Waals surface area contributed by atoms with Gasteiger partial charge in [-0.05, 0) is 37.1 Å². The quantitative estimate of drug-likeness (QED) is 0.489. The fraction of sp³-hybridized carbons (Fsp3) is 0.400. The third kappa shape index (κ3) is 5.81. The van der Waals surface area contributed by atoms with Crippen LogP contribution in [0.1, 0.15) is 25.7 Å². The Labute approximate surface area is 221 Å². The number of amides is 2. The van der Waals surface area contributed by atoms with Crippen LogP contribution in [0.3, 0.4) is 0 Å². The van der Waals surface area contributed by atoms with Crippen LogP contribution < -0.4 is 20.1 Å². The van der Waals surface area contributed by atoms with Crippen molar-refractivity contribution in [2.24, 2.45) is 0 Å². The highest BCUT2D eigenvalue weighted by Crippen LogP contribution is 2.46. The van der Waals surface area contributed by atoms with E-state index in [2.05, 4.69) is 10.6 Å². The number of rotatable bonds is 9. The predicted octanol–water partition coefficient (Wildman–Crippen LogP) is 3.61. The largest absolute Gasteiger partial charge is 0.484 e. The number of ether oxygens (including phenoxy) is 3. The lowest BCUT2D eigenvalue weighted by Gasteiger charge is -2.55. The van der Waals surface area contributed by atoms with Gasteiger partial charge in [0.15, 0.2) is 19.0 Å². The molecule has 3 atom stereocenters. The van der Waals surface area contributed by atoms with Crippen LogP contribution in [0.25, 0.3) is 0 Å². The molecule has 2 bridgehead atoms. The van der Waals surface area contributed by atoms with E-state index in [4.69, 9.17) is 37.4 Å². The molecule has 198 valence electrons. The molecule has 2 amide bonds. The van der Waals surface area contributed by atoms with Crippen molar-refractivity contribution in [3.8, 4) is 11.5 Å². The Morgan fingerprint density at radius 1 is 0.946 bits per heavy atom. The zero-order valence-corrected chi connectivity index (χ0v) is 21.3. The van der Waals surface area contributed by atoms with E-state index in [0.717, 1.165) is 12.1 Å². The molecule has 3 aliphatic rings. The maximum Gasteiger partial charge on any atom is 0.258 e. The van der Waals surface area contributed by atoms with Crippen LogP contribution >= 0.6 is 23.2 Å². The van der Waals surface area contributed by atoms with Crippen LogP contribution in [0.5, 0.6) is 11.5 Å². The summed E-state index contributed by atoms with van der Waals surface area (Å²) in [6, 6.07) is 7.62. The molecule has 2 N–H and O–H groups in total. The van der Waals surface area contributed by atoms with Crippen LogP contribution in [-0.4, -0.2) is 55.1 Å². The molecule has 37 heavy (non-hydrogen) atoms. The van der Waals surface area contributed by atoms with Gasteiger partial charge in [-0.15, -0.1) is 0 Å². The molecule has 0 aliphatic heterocycles. The van der Waals surface area contributed by atoms with E-state index < -0.39 is 53.8 Å². The number of benzene rings is 2. The summed E-state index contributed by atoms with van der Waals surface area (Å²) in [7, 11) is 1.46. The van der Waals surface area contributed by atoms with E-state index in [-0.39, 0.29) is 46.6 Å². The van der Waals surface area contributed by atoms with Crippen LogP contribution in [0, 0.1) is 11.6 Å². The maximum atomic E-state index is 13.6. The number of carbonyl (C=O) groups is 3. The molecule has 3 aliphatic carbocycles. The van der Waals surface area contributed by atoms with Crippen molar-refractivity contribution >= 4 is 40.8 Å². The summed E-state index contributed by atoms with van der Waals surface area (Å²) in [6.07, 6.45) is 0.157. The minimum absolute atomic E-state index is 0.0592. The maximum absolute atomic E-state index is 13.6. The molecule has 0 radical (unpaired) electrons. The van der Waals surface area contributed by atoms with Gasteiger partial charge >= 0.3 is 0 Å². The molecule has 0 heterocycles. The molecule has 3 saturated carbocycles. The first-order chi connectivity index (χ1) is 17.6. The summed E-state index contributed by atoms with van der Waals surface area (Å²) in [5.41, 5.74) is -2.14. The van der Waals surface area contributed by atoms with Gasteiger partial charge in [-0.1, -0.05) is 23.2 Å². The van der Waals surface area contributed by atoms with Gasteiger partial charge in [0, 0.05) is 32.1 Å². The van der Waals surface area contributed by atoms with E-state index in [1.54, 1.807) is 0 Å². The van der Waals surface area contributed by atoms with Gasteiger partial charge in [0.05, 0.1) is 21.7 Å². The summed E-state index contributed by atoms with van der Waals surface area (Å²) in [4.78, 5) is 38.4. The number of carbonyl (C=O) groups excluding carboxylic acids is 3. The van der Waals surface area contributed by atoms with Crippen molar-refractivity contribution in [1.29, 1.82) is 0 Å². The first-order valence-electron chi connectivity index (χ1n) is 11.4. The van der Waals surface area contributed by atoms with Gasteiger partial charge in [-0.2, -0.15) is 0 Å². The van der Waals surface area contributed by atoms with E-state index >= 15 is 0 Å². The second kappa shape index (κ2) is 10.8. The Morgan fingerprint density at radius 3 is 1.97 bits per heavy atom. The van der Waals surface area contributed by atoms with Crippen LogP contribution in [0.4, 0.5) is 8.78 Å². The lowest BCUT2D eigenvalue weighted by atomic mass is 9.59. The van der Waals surface area contributed by atoms with Crippen LogP contribution in [-0.2, 0) is 19.1 Å². The molecule has 0 spiro atoms. The number of ketones is 1. The standard InChI is InChI=1S/C25H24Cl2F2N2O6/c1-35-21-11-24(30-22(33)12-36-14-2-4-16(26)18(28)8-14)6-7-25(21,10-20(24)32)31-23(34)13-37-15-3-5-17(27)19(29)9-15/h2-5,8-9,21H,6-7,10-13H2,1H3,(H,30,33)(H,31,34)/t21-,24+,25?/m0/s1. The van der Waals surface area contributed by atoms with Crippen molar-refractivity contribution in [3.05, 3.63) is 58.1 Å². The van der Waals surface area contributed by atoms with Crippen molar-refractivity contribution in [3.63, 3.8) is 0 Å². The van der Waals surface area contributed by atoms with Crippen molar-refractivity contribution in [1.82, 2.24) is 10.6 Å². The van der Waals surface area contributed by atoms with Gasteiger partial charge in [-0.3, -0.25) is 14.4 Å². The van der Waals surface area contributed by atoms with E-state index in [1.165, 1.54) is 31.4 Å². The van der Waals surface area contributed by atoms with E-state index in [0.29, 0.717) is 6.42 Å². The summed E-state index contributed by atoms with van der Waals surface area (Å²) in [5, 5.41) is 5.48. The second-order valence-electron chi connectivity index (χ2n) is 9.09. The fourth-order valence-electron chi connectivity index (χ4n) is 4.85. The van der Waals surface area contributed by atoms with Gasteiger partial charge in [0.2, 0.25) is 0 Å². The lowest BCUT2D eigenvalue weighted by molar-refractivity contribution is -0.154. The number of fused-ring (bicyclic) bond motifs is 3. The number of hydrogen-bond acceptors (Lipinski definition) is 6. The Morgan fingerprint density at radius 2 is 1.49 bits per heavy atom. The number of nitrogens with one attached hydrogen (secondary N) is 2. The molecule has 0 aromatic heterocycles. The molecule has 1 unspecified atom stereocenters. The minimum atomic E-state index is -1.17. The third-order valence-corrected chi connectivity index (χ3v) is 7.34. The van der Waals surface area contributed by atoms with Crippen LogP contribution in [0.2, 0.25) is 10.0 Å². The number of Topliss-reactive ketones (excluding diaryl/α,β-unsaturated/α-hetero) is 1. The third-order valence-electron chi connectivity index (χ3n) is 6.73. The lowest BCUT2D eigenvalue weighted by Crippen LogP contribution is -2.74. The Hall–Kier alpha value is -2.95. The Bertz CT molecular complexity index is 1230. The molecular formula is C25H24Cl2F2N2O6. The first kappa shape index (κ1) is 27.1. The second-order valence-corrected chi connectivity index (χ2v) is 9.91. The molecule has 5 rings (SSSR count). The average Bonchev–Trinajstić information content (AvgIpc) is 2.86. The summed E-state index contributed by atoms with van der Waals surface area (Å²) < 4.78 is 43.5. The normalized spacial score (nSPS) is 24.5. The molecule has 8 nitrogen and oxygen atoms in total. The SMILES string of the molecule is CO[C@H]1C[C@]2(NC(=O)COc3ccc(Cl)c(F)c3)CCC1(NC(=O)COc1ccc(Cl)c(F)c1)CC2=O. The molecule has 3 fully saturated rings. The summed E-state index contributed by atoms with van der Waals surface area (Å²) >= 11 is 11.3. The molecule has 2 aromatic carbocycles. The van der Waals surface area contributed by atoms with Gasteiger partial charge in [0.1, 0.15) is 28.7 Å². The summed E-state index contributed by atoms with van der Waals surface area (Å²) in [6.45, 7) is -0.837. The van der Waals surface area contributed by atoms with Crippen molar-refractivity contribution < 1.29 is 37.4 Å². The zero-order valence-electron chi connectivity index (χ0n) is 19.7. The van der Waals surface area contributed by atoms with Gasteiger partial charge in [-0.25, -0.2) is 8.78 Å². The van der Waals surface area contributed by atoms with Gasteiger partial charge in [0.25, 0.3) is 11.8 Å². The van der Waals surface area contributed by atoms with E-state index in [1.807, 2.05) is 0 Å². The number of halogens is 4. The molecule has 12 heteroatoms. The Kier molecular flexibility index (Phi) is 7.91. The van der Waals surface area contributed by atoms with E-state index in [9.17, 15) is 23.2 Å². The highest BCUT2D eigenvalue weighted by Gasteiger charge is 2.60. The zero-order chi connectivity index (χ0) is 26.8. The molecular weight excluding hydrogens is 533 g/mol. The first-order valence-corrected chi connectivity index (χ1v) is 12.2. The molecule has 0 saturated heterocycles. The average molecular weight is 557 g/mol. The summed E-state index contributed by atoms with van der Waals surface area (Å²) in [5.74, 6) is -2.42. The highest BCUT2D eigenvalue weighted by atomic mass is 35.5. The van der Waals surface area contributed by atoms with Gasteiger partial charge < -0.3 is 24.8 Å². The minimum Gasteiger partial charge on any atom is -0.484 e. The smallest absolute Gasteiger partial charge is 0.258 e. The Balaban J connectivity index is 1.36. The number of methoxy groups -OCH3 is 1. The predicted molar refractivity (Wildman–Crippen MR) is 130 cm³/mol. The number of hydrogen-bond donors (Lipinski definition) is 2. The monoisotopic (exact) mass is 556 g/mol. The topological polar surface area (TPSA) is 103 Å². The molecule has 2 aromatic rings. The van der Waals surface area contributed by atoms with Crippen LogP contribution in [0.15, 0.2) is 36.4 Å².